The van der Waals surface area contributed by atoms with Crippen molar-refractivity contribution in [3.05, 3.63) is 22.6 Å². The Balaban J connectivity index is 0. The van der Waals surface area contributed by atoms with Gasteiger partial charge in [-0.3, -0.25) is 9.35 Å². The van der Waals surface area contributed by atoms with Gasteiger partial charge in [-0.15, -0.1) is 0 Å². The van der Waals surface area contributed by atoms with Crippen LogP contribution in [0.1, 0.15) is 19.3 Å². The average Bonchev–Trinajstić information content (AvgIpc) is 2.86. The summed E-state index contributed by atoms with van der Waals surface area (Å²) in [5.74, 6) is -0.808. The van der Waals surface area contributed by atoms with E-state index in [1.807, 2.05) is 3.33 Å². The molecule has 1 aliphatic heterocycles. The average molecular weight is 329 g/mol. The molecule has 1 rings (SSSR count). The van der Waals surface area contributed by atoms with E-state index in [9.17, 15) is 18.0 Å². The van der Waals surface area contributed by atoms with Gasteiger partial charge in [0.05, 0.1) is 12.4 Å². The van der Waals surface area contributed by atoms with Crippen molar-refractivity contribution < 1.29 is 27.3 Å². The number of amides is 1. The van der Waals surface area contributed by atoms with E-state index >= 15 is 0 Å². The molecule has 0 aromatic rings. The van der Waals surface area contributed by atoms with Gasteiger partial charge in [0.2, 0.25) is 5.91 Å². The van der Waals surface area contributed by atoms with Crippen LogP contribution in [0.25, 0.3) is 0 Å². The zero-order valence-corrected chi connectivity index (χ0v) is 15.0. The van der Waals surface area contributed by atoms with Crippen molar-refractivity contribution in [2.24, 2.45) is 0 Å². The molecule has 0 saturated carbocycles. The van der Waals surface area contributed by atoms with Gasteiger partial charge >= 0.3 is 43.8 Å². The summed E-state index contributed by atoms with van der Waals surface area (Å²) in [5.41, 5.74) is 0. The molecule has 9 heteroatoms. The molecule has 7 nitrogen and oxygen atoms in total. The number of hydrogen-bond acceptors (Lipinski definition) is 5. The standard InChI is InChI=1S/C6H10O5S.C4H7NO.C2H3.Na/c1-2-6(7)11-4-3-5-12(8,9)10;6-4-2-1-3-5-4;1-2;/h2H,1,3-5H2,(H,8,9,10);1-3H2,(H,5,6);1H,2H2;. The summed E-state index contributed by atoms with van der Waals surface area (Å²) in [6.45, 7) is 7.42. The van der Waals surface area contributed by atoms with Crippen LogP contribution in [0.5, 0.6) is 0 Å². The number of rotatable bonds is 5. The summed E-state index contributed by atoms with van der Waals surface area (Å²) in [5, 5.41) is 2.68. The minimum absolute atomic E-state index is 0.0371. The fourth-order valence-corrected chi connectivity index (χ4v) is 1.52. The van der Waals surface area contributed by atoms with E-state index in [1.54, 1.807) is 0 Å². The normalized spacial score (nSPS) is 12.8. The van der Waals surface area contributed by atoms with Gasteiger partial charge in [-0.1, -0.05) is 6.58 Å². The van der Waals surface area contributed by atoms with Gasteiger partial charge in [0.1, 0.15) is 0 Å². The van der Waals surface area contributed by atoms with Crippen molar-refractivity contribution >= 4 is 49.9 Å². The molecular weight excluding hydrogens is 309 g/mol. The predicted molar refractivity (Wildman–Crippen MR) is 80.4 cm³/mol. The molecule has 0 bridgehead atoms. The number of hydrogen-bond donors (Lipinski definition) is 2. The van der Waals surface area contributed by atoms with Crippen LogP contribution < -0.4 is 5.32 Å². The smallest absolute Gasteiger partial charge is 0.220 e. The Bertz CT molecular complexity index is 427. The van der Waals surface area contributed by atoms with Crippen LogP contribution in [-0.4, -0.2) is 71.7 Å². The van der Waals surface area contributed by atoms with Gasteiger partial charge < -0.3 is 10.1 Å². The van der Waals surface area contributed by atoms with E-state index in [0.29, 0.717) is 0 Å². The maximum Gasteiger partial charge on any atom is 0.220 e. The third-order valence-corrected chi connectivity index (χ3v) is 2.66. The van der Waals surface area contributed by atoms with Gasteiger partial charge in [0.25, 0.3) is 10.1 Å². The van der Waals surface area contributed by atoms with Crippen LogP contribution in [0.3, 0.4) is 0 Å². The van der Waals surface area contributed by atoms with Crippen molar-refractivity contribution in [2.45, 2.75) is 19.3 Å². The molecule has 2 N–H and O–H groups in total. The number of carbonyl (C=O) groups excluding carboxylic acids is 2. The summed E-state index contributed by atoms with van der Waals surface area (Å²) in [4.78, 5) is 20.5. The first-order valence-electron chi connectivity index (χ1n) is 6.35. The van der Waals surface area contributed by atoms with Crippen LogP contribution in [0.4, 0.5) is 0 Å². The van der Waals surface area contributed by atoms with Gasteiger partial charge in [0.15, 0.2) is 0 Å². The molecule has 21 heavy (non-hydrogen) atoms. The fraction of sp³-hybridized carbons (Fsp3) is 0.500. The van der Waals surface area contributed by atoms with Gasteiger partial charge in [-0.05, 0) is 12.8 Å². The number of ether oxygens (including phenoxy) is 1. The van der Waals surface area contributed by atoms with Crippen LogP contribution >= 0.6 is 0 Å². The molecule has 0 aliphatic carbocycles. The van der Waals surface area contributed by atoms with E-state index in [2.05, 4.69) is 23.2 Å². The molecule has 0 spiro atoms. The molecule has 0 aromatic carbocycles. The Labute approximate surface area is 143 Å². The maximum atomic E-state index is 10.4. The van der Waals surface area contributed by atoms with Crippen molar-refractivity contribution in [3.8, 4) is 0 Å². The molecule has 0 aromatic heterocycles. The Kier molecular flexibility index (Phi) is 15.4. The van der Waals surface area contributed by atoms with Gasteiger partial charge in [0, 0.05) is 19.0 Å². The van der Waals surface area contributed by atoms with E-state index in [4.69, 9.17) is 4.55 Å². The molecule has 0 atom stereocenters. The number of carbonyl (C=O) groups is 2. The van der Waals surface area contributed by atoms with Crippen molar-refractivity contribution in [2.75, 3.05) is 18.9 Å². The Morgan fingerprint density at radius 1 is 1.48 bits per heavy atom. The van der Waals surface area contributed by atoms with Crippen molar-refractivity contribution in [3.63, 3.8) is 0 Å². The number of nitrogens with one attached hydrogen (secondary N) is 1. The molecule has 1 aliphatic rings. The monoisotopic (exact) mass is 329 g/mol. The van der Waals surface area contributed by atoms with Crippen LogP contribution in [0.15, 0.2) is 22.6 Å². The zero-order valence-electron chi connectivity index (χ0n) is 12.2. The molecule has 116 valence electrons. The third kappa shape index (κ3) is 21.8. The second kappa shape index (κ2) is 14.3. The molecular formula is C12H20NNaO6S. The summed E-state index contributed by atoms with van der Waals surface area (Å²) >= 11 is 1.13. The van der Waals surface area contributed by atoms with Crippen LogP contribution in [-0.2, 0) is 24.4 Å². The van der Waals surface area contributed by atoms with E-state index in [0.717, 1.165) is 53.4 Å². The first-order valence-corrected chi connectivity index (χ1v) is 9.11. The largest absolute Gasteiger partial charge is 0.356 e. The summed E-state index contributed by atoms with van der Waals surface area (Å²) in [7, 11) is -3.95. The third-order valence-electron chi connectivity index (χ3n) is 1.86. The number of esters is 1. The quantitative estimate of drug-likeness (QED) is 0.245. The second-order valence-electron chi connectivity index (χ2n) is 3.87. The Morgan fingerprint density at radius 2 is 2.05 bits per heavy atom. The maximum absolute atomic E-state index is 10.4. The first-order chi connectivity index (χ1) is 9.76. The van der Waals surface area contributed by atoms with E-state index in [1.165, 1.54) is 0 Å². The topological polar surface area (TPSA) is 110 Å². The van der Waals surface area contributed by atoms with Crippen molar-refractivity contribution in [1.82, 2.24) is 5.32 Å². The SMILES string of the molecule is C=CC(=O)OCCCS(=O)(=O)O.C=[CH][Na].O=C1CCCN1. The predicted octanol–water partition coefficient (Wildman–Crippen LogP) is 0.188. The summed E-state index contributed by atoms with van der Waals surface area (Å²) in [6.07, 6.45) is 2.82. The molecule has 1 heterocycles. The Morgan fingerprint density at radius 3 is 2.33 bits per heavy atom. The van der Waals surface area contributed by atoms with Crippen LogP contribution in [0.2, 0.25) is 0 Å². The first kappa shape index (κ1) is 22.6. The van der Waals surface area contributed by atoms with Gasteiger partial charge in [-0.2, -0.15) is 8.42 Å². The minimum Gasteiger partial charge on any atom is -0.356 e. The molecule has 1 amide bonds. The fourth-order valence-electron chi connectivity index (χ4n) is 1.04. The zero-order chi connectivity index (χ0) is 16.7. The Hall–Kier alpha value is -0.670. The van der Waals surface area contributed by atoms with Gasteiger partial charge in [-0.25, -0.2) is 4.79 Å². The van der Waals surface area contributed by atoms with E-state index < -0.39 is 21.8 Å². The van der Waals surface area contributed by atoms with Crippen molar-refractivity contribution in [1.29, 1.82) is 0 Å². The minimum atomic E-state index is -3.95. The molecule has 0 unspecified atom stereocenters. The molecule has 1 saturated heterocycles. The summed E-state index contributed by atoms with van der Waals surface area (Å²) < 4.78 is 34.9. The second-order valence-corrected chi connectivity index (χ2v) is 6.26. The summed E-state index contributed by atoms with van der Waals surface area (Å²) in [6, 6.07) is 0. The van der Waals surface area contributed by atoms with Crippen LogP contribution in [0, 0.1) is 0 Å². The molecule has 0 radical (unpaired) electrons. The molecule has 1 fully saturated rings. The van der Waals surface area contributed by atoms with E-state index in [-0.39, 0.29) is 18.9 Å².